The maximum atomic E-state index is 12.9. The van der Waals surface area contributed by atoms with Crippen molar-refractivity contribution in [2.45, 2.75) is 43.4 Å². The summed E-state index contributed by atoms with van der Waals surface area (Å²) in [5.74, 6) is -0.321. The Bertz CT molecular complexity index is 1240. The van der Waals surface area contributed by atoms with Crippen LogP contribution in [0.2, 0.25) is 10.0 Å². The average molecular weight is 563 g/mol. The summed E-state index contributed by atoms with van der Waals surface area (Å²) in [6.45, 7) is 1.08. The van der Waals surface area contributed by atoms with Gasteiger partial charge in [-0.1, -0.05) is 36.0 Å². The SMILES string of the molecule is CS(=O)(=O)N(CCCC(=O)Nc1ccc(S(=O)(=O)N2CCCCCC2)cc1)c1cc(Cl)ccc1Cl. The number of carbonyl (C=O) groups is 1. The molecule has 0 atom stereocenters. The van der Waals surface area contributed by atoms with Crippen molar-refractivity contribution in [3.63, 3.8) is 0 Å². The molecule has 35 heavy (non-hydrogen) atoms. The standard InChI is InChI=1S/C23H29Cl2N3O5S2/c1-34(30,31)28(22-17-18(24)8-13-21(22)25)16-6-7-23(29)26-19-9-11-20(12-10-19)35(32,33)27-14-4-2-3-5-15-27/h8-13,17H,2-7,14-16H2,1H3,(H,26,29). The van der Waals surface area contributed by atoms with Gasteiger partial charge in [0.25, 0.3) is 0 Å². The van der Waals surface area contributed by atoms with E-state index in [2.05, 4.69) is 5.32 Å². The van der Waals surface area contributed by atoms with Gasteiger partial charge in [0, 0.05) is 36.8 Å². The molecule has 0 saturated carbocycles. The van der Waals surface area contributed by atoms with E-state index in [1.54, 1.807) is 18.2 Å². The molecule has 0 aliphatic carbocycles. The average Bonchev–Trinajstić information content (AvgIpc) is 3.08. The van der Waals surface area contributed by atoms with Gasteiger partial charge >= 0.3 is 0 Å². The summed E-state index contributed by atoms with van der Waals surface area (Å²) in [7, 11) is -7.21. The van der Waals surface area contributed by atoms with Crippen molar-refractivity contribution in [2.75, 3.05) is 35.5 Å². The molecule has 2 aromatic rings. The first kappa shape index (κ1) is 27.7. The number of nitrogens with one attached hydrogen (secondary N) is 1. The molecule has 12 heteroatoms. The number of anilines is 2. The first-order valence-corrected chi connectivity index (χ1v) is 15.4. The molecule has 0 radical (unpaired) electrons. The number of sulfonamides is 2. The third-order valence-corrected chi connectivity index (χ3v) is 9.33. The van der Waals surface area contributed by atoms with Crippen LogP contribution in [0.3, 0.4) is 0 Å². The highest BCUT2D eigenvalue weighted by Crippen LogP contribution is 2.31. The summed E-state index contributed by atoms with van der Waals surface area (Å²) >= 11 is 12.2. The van der Waals surface area contributed by atoms with Gasteiger partial charge in [0.05, 0.1) is 21.9 Å². The Morgan fingerprint density at radius 1 is 0.971 bits per heavy atom. The number of nitrogens with zero attached hydrogens (tertiary/aromatic N) is 2. The van der Waals surface area contributed by atoms with E-state index in [9.17, 15) is 21.6 Å². The minimum Gasteiger partial charge on any atom is -0.326 e. The van der Waals surface area contributed by atoms with Crippen molar-refractivity contribution >= 4 is 60.5 Å². The Balaban J connectivity index is 1.58. The van der Waals surface area contributed by atoms with E-state index in [-0.39, 0.29) is 40.9 Å². The number of carbonyl (C=O) groups excluding carboxylic acids is 1. The second-order valence-corrected chi connectivity index (χ2v) is 13.1. The quantitative estimate of drug-likeness (QED) is 0.476. The van der Waals surface area contributed by atoms with Crippen LogP contribution in [-0.4, -0.2) is 52.9 Å². The van der Waals surface area contributed by atoms with Gasteiger partial charge in [-0.2, -0.15) is 4.31 Å². The zero-order valence-corrected chi connectivity index (χ0v) is 22.6. The van der Waals surface area contributed by atoms with Crippen LogP contribution in [0, 0.1) is 0 Å². The fourth-order valence-electron chi connectivity index (χ4n) is 3.89. The molecule has 1 aliphatic heterocycles. The lowest BCUT2D eigenvalue weighted by Crippen LogP contribution is -2.32. The van der Waals surface area contributed by atoms with Crippen LogP contribution in [0.1, 0.15) is 38.5 Å². The van der Waals surface area contributed by atoms with Gasteiger partial charge in [-0.25, -0.2) is 16.8 Å². The second kappa shape index (κ2) is 11.9. The molecule has 1 saturated heterocycles. The molecule has 2 aromatic carbocycles. The van der Waals surface area contributed by atoms with E-state index in [0.717, 1.165) is 36.2 Å². The Kier molecular flexibility index (Phi) is 9.45. The van der Waals surface area contributed by atoms with Gasteiger partial charge in [-0.3, -0.25) is 9.10 Å². The van der Waals surface area contributed by atoms with Crippen LogP contribution in [0.25, 0.3) is 0 Å². The second-order valence-electron chi connectivity index (χ2n) is 8.43. The lowest BCUT2D eigenvalue weighted by molar-refractivity contribution is -0.116. The third-order valence-electron chi connectivity index (χ3n) is 5.68. The summed E-state index contributed by atoms with van der Waals surface area (Å²) < 4.78 is 53.0. The zero-order chi connectivity index (χ0) is 25.6. The van der Waals surface area contributed by atoms with Crippen LogP contribution < -0.4 is 9.62 Å². The number of hydrogen-bond donors (Lipinski definition) is 1. The van der Waals surface area contributed by atoms with E-state index in [0.29, 0.717) is 23.8 Å². The summed E-state index contributed by atoms with van der Waals surface area (Å²) in [6.07, 6.45) is 5.13. The Morgan fingerprint density at radius 3 is 2.20 bits per heavy atom. The molecule has 1 fully saturated rings. The van der Waals surface area contributed by atoms with Crippen LogP contribution >= 0.6 is 23.2 Å². The fourth-order valence-corrected chi connectivity index (χ4v) is 6.81. The van der Waals surface area contributed by atoms with Gasteiger partial charge in [-0.05, 0) is 61.7 Å². The number of benzene rings is 2. The molecule has 0 unspecified atom stereocenters. The minimum atomic E-state index is -3.65. The summed E-state index contributed by atoms with van der Waals surface area (Å²) in [5.41, 5.74) is 0.714. The number of amides is 1. The van der Waals surface area contributed by atoms with Gasteiger partial charge in [0.2, 0.25) is 26.0 Å². The van der Waals surface area contributed by atoms with Crippen LogP contribution in [0.15, 0.2) is 47.4 Å². The summed E-state index contributed by atoms with van der Waals surface area (Å²) in [6, 6.07) is 10.6. The largest absolute Gasteiger partial charge is 0.326 e. The van der Waals surface area contributed by atoms with E-state index < -0.39 is 20.0 Å². The smallest absolute Gasteiger partial charge is 0.243 e. The van der Waals surface area contributed by atoms with Gasteiger partial charge in [0.1, 0.15) is 0 Å². The highest BCUT2D eigenvalue weighted by atomic mass is 35.5. The Hall–Kier alpha value is -1.85. The van der Waals surface area contributed by atoms with Crippen molar-refractivity contribution in [1.29, 1.82) is 0 Å². The number of halogens is 2. The molecule has 192 valence electrons. The molecular formula is C23H29Cl2N3O5S2. The third kappa shape index (κ3) is 7.57. The van der Waals surface area contributed by atoms with Crippen molar-refractivity contribution in [3.05, 3.63) is 52.5 Å². The molecule has 1 amide bonds. The molecule has 0 spiro atoms. The van der Waals surface area contributed by atoms with Gasteiger partial charge in [0.15, 0.2) is 0 Å². The number of rotatable bonds is 9. The van der Waals surface area contributed by atoms with Crippen molar-refractivity contribution in [1.82, 2.24) is 4.31 Å². The van der Waals surface area contributed by atoms with E-state index in [1.807, 2.05) is 0 Å². The molecule has 0 aromatic heterocycles. The van der Waals surface area contributed by atoms with Crippen molar-refractivity contribution in [3.8, 4) is 0 Å². The topological polar surface area (TPSA) is 104 Å². The van der Waals surface area contributed by atoms with Crippen molar-refractivity contribution in [2.24, 2.45) is 0 Å². The molecule has 1 heterocycles. The van der Waals surface area contributed by atoms with Crippen LogP contribution in [0.4, 0.5) is 11.4 Å². The van der Waals surface area contributed by atoms with E-state index in [1.165, 1.54) is 28.6 Å². The lowest BCUT2D eigenvalue weighted by Gasteiger charge is -2.23. The maximum Gasteiger partial charge on any atom is 0.243 e. The van der Waals surface area contributed by atoms with Gasteiger partial charge < -0.3 is 5.32 Å². The van der Waals surface area contributed by atoms with Crippen LogP contribution in [-0.2, 0) is 24.8 Å². The molecule has 1 N–H and O–H groups in total. The highest BCUT2D eigenvalue weighted by Gasteiger charge is 2.25. The molecule has 3 rings (SSSR count). The zero-order valence-electron chi connectivity index (χ0n) is 19.4. The lowest BCUT2D eigenvalue weighted by atomic mass is 10.2. The van der Waals surface area contributed by atoms with Crippen LogP contribution in [0.5, 0.6) is 0 Å². The monoisotopic (exact) mass is 561 g/mol. The Labute approximate surface area is 217 Å². The number of hydrogen-bond acceptors (Lipinski definition) is 5. The maximum absolute atomic E-state index is 12.9. The highest BCUT2D eigenvalue weighted by molar-refractivity contribution is 7.92. The van der Waals surface area contributed by atoms with E-state index in [4.69, 9.17) is 23.2 Å². The van der Waals surface area contributed by atoms with E-state index >= 15 is 0 Å². The Morgan fingerprint density at radius 2 is 1.60 bits per heavy atom. The first-order valence-electron chi connectivity index (χ1n) is 11.3. The predicted octanol–water partition coefficient (Wildman–Crippen LogP) is 4.74. The molecule has 0 bridgehead atoms. The molecule has 8 nitrogen and oxygen atoms in total. The summed E-state index contributed by atoms with van der Waals surface area (Å²) in [5, 5.41) is 3.30. The predicted molar refractivity (Wildman–Crippen MR) is 140 cm³/mol. The normalized spacial score (nSPS) is 15.4. The molecular weight excluding hydrogens is 533 g/mol. The molecule has 1 aliphatic rings. The summed E-state index contributed by atoms with van der Waals surface area (Å²) in [4.78, 5) is 12.6. The minimum absolute atomic E-state index is 0.0410. The fraction of sp³-hybridized carbons (Fsp3) is 0.435. The van der Waals surface area contributed by atoms with Crippen molar-refractivity contribution < 1.29 is 21.6 Å². The van der Waals surface area contributed by atoms with Gasteiger partial charge in [-0.15, -0.1) is 0 Å². The first-order chi connectivity index (χ1) is 16.5.